The minimum absolute atomic E-state index is 0.199. The minimum atomic E-state index is -0.552. The van der Waals surface area contributed by atoms with Gasteiger partial charge in [-0.1, -0.05) is 51.4 Å². The molecular weight excluding hydrogens is 372 g/mol. The lowest BCUT2D eigenvalue weighted by molar-refractivity contribution is 0.155. The third-order valence-corrected chi connectivity index (χ3v) is 3.94. The number of aromatic nitrogens is 1. The van der Waals surface area contributed by atoms with Crippen LogP contribution in [0.1, 0.15) is 11.3 Å². The molecule has 0 radical (unpaired) electrons. The molecule has 1 N–H and O–H groups in total. The first kappa shape index (κ1) is 16.3. The van der Waals surface area contributed by atoms with Crippen LogP contribution >= 0.6 is 15.9 Å². The Kier molecular flexibility index (Phi) is 4.96. The van der Waals surface area contributed by atoms with Crippen LogP contribution in [-0.2, 0) is 11.3 Å². The van der Waals surface area contributed by atoms with Crippen molar-refractivity contribution in [1.82, 2.24) is 5.16 Å². The molecule has 0 saturated carbocycles. The zero-order valence-electron chi connectivity index (χ0n) is 13.0. The van der Waals surface area contributed by atoms with Crippen molar-refractivity contribution in [3.8, 4) is 11.3 Å². The number of amides is 1. The van der Waals surface area contributed by atoms with Crippen molar-refractivity contribution in [2.45, 2.75) is 13.5 Å². The topological polar surface area (TPSA) is 64.4 Å². The summed E-state index contributed by atoms with van der Waals surface area (Å²) in [7, 11) is 0. The van der Waals surface area contributed by atoms with Crippen LogP contribution in [0, 0.1) is 6.92 Å². The van der Waals surface area contributed by atoms with Gasteiger partial charge in [-0.25, -0.2) is 4.79 Å². The summed E-state index contributed by atoms with van der Waals surface area (Å²) in [6.45, 7) is 1.96. The van der Waals surface area contributed by atoms with Gasteiger partial charge in [0, 0.05) is 10.0 Å². The highest BCUT2D eigenvalue weighted by Crippen LogP contribution is 2.31. The molecule has 3 rings (SSSR count). The van der Waals surface area contributed by atoms with Crippen LogP contribution in [0.4, 0.5) is 10.5 Å². The van der Waals surface area contributed by atoms with Gasteiger partial charge in [0.1, 0.15) is 18.0 Å². The Morgan fingerprint density at radius 1 is 1.17 bits per heavy atom. The number of halogens is 1. The van der Waals surface area contributed by atoms with Gasteiger partial charge in [0.15, 0.2) is 5.76 Å². The Labute approximate surface area is 147 Å². The molecule has 0 saturated heterocycles. The van der Waals surface area contributed by atoms with Crippen LogP contribution in [-0.4, -0.2) is 11.2 Å². The predicted molar refractivity (Wildman–Crippen MR) is 94.6 cm³/mol. The van der Waals surface area contributed by atoms with E-state index in [1.54, 1.807) is 6.92 Å². The summed E-state index contributed by atoms with van der Waals surface area (Å²) in [6.07, 6.45) is -0.552. The van der Waals surface area contributed by atoms with Gasteiger partial charge in [0.2, 0.25) is 0 Å². The summed E-state index contributed by atoms with van der Waals surface area (Å²) in [6, 6.07) is 17.0. The number of ether oxygens (including phenoxy) is 1. The van der Waals surface area contributed by atoms with Crippen LogP contribution in [0.25, 0.3) is 11.3 Å². The Balaban J connectivity index is 1.72. The van der Waals surface area contributed by atoms with E-state index >= 15 is 0 Å². The summed E-state index contributed by atoms with van der Waals surface area (Å²) in [5, 5.41) is 6.64. The zero-order chi connectivity index (χ0) is 16.9. The molecule has 0 bridgehead atoms. The average Bonchev–Trinajstić information content (AvgIpc) is 2.95. The number of hydrogen-bond donors (Lipinski definition) is 1. The Morgan fingerprint density at radius 3 is 2.58 bits per heavy atom. The molecule has 6 heteroatoms. The molecule has 0 aliphatic heterocycles. The average molecular weight is 387 g/mol. The third-order valence-electron chi connectivity index (χ3n) is 3.41. The highest BCUT2D eigenvalue weighted by molar-refractivity contribution is 9.10. The number of rotatable bonds is 4. The van der Waals surface area contributed by atoms with Crippen LogP contribution in [0.5, 0.6) is 0 Å². The molecule has 0 fully saturated rings. The molecule has 2 aromatic carbocycles. The van der Waals surface area contributed by atoms with E-state index in [0.29, 0.717) is 17.1 Å². The minimum Gasteiger partial charge on any atom is -0.444 e. The second-order valence-electron chi connectivity index (χ2n) is 5.17. The van der Waals surface area contributed by atoms with Gasteiger partial charge in [-0.15, -0.1) is 0 Å². The molecule has 3 aromatic rings. The van der Waals surface area contributed by atoms with Crippen molar-refractivity contribution in [2.24, 2.45) is 0 Å². The quantitative estimate of drug-likeness (QED) is 0.672. The van der Waals surface area contributed by atoms with Gasteiger partial charge in [-0.2, -0.15) is 0 Å². The summed E-state index contributed by atoms with van der Waals surface area (Å²) >= 11 is 3.39. The fourth-order valence-corrected chi connectivity index (χ4v) is 2.44. The van der Waals surface area contributed by atoms with Crippen molar-refractivity contribution in [1.29, 1.82) is 0 Å². The highest BCUT2D eigenvalue weighted by atomic mass is 79.9. The number of benzene rings is 2. The molecule has 0 atom stereocenters. The van der Waals surface area contributed by atoms with E-state index in [0.717, 1.165) is 15.6 Å². The van der Waals surface area contributed by atoms with Gasteiger partial charge in [-0.3, -0.25) is 5.32 Å². The molecule has 1 heterocycles. The maximum atomic E-state index is 12.1. The van der Waals surface area contributed by atoms with Crippen molar-refractivity contribution < 1.29 is 14.1 Å². The third kappa shape index (κ3) is 3.83. The molecule has 0 spiro atoms. The number of nitrogens with one attached hydrogen (secondary N) is 1. The molecule has 0 unspecified atom stereocenters. The van der Waals surface area contributed by atoms with Gasteiger partial charge < -0.3 is 9.26 Å². The van der Waals surface area contributed by atoms with Crippen molar-refractivity contribution in [3.63, 3.8) is 0 Å². The monoisotopic (exact) mass is 386 g/mol. The molecule has 1 amide bonds. The smallest absolute Gasteiger partial charge is 0.412 e. The Morgan fingerprint density at radius 2 is 1.88 bits per heavy atom. The maximum absolute atomic E-state index is 12.1. The lowest BCUT2D eigenvalue weighted by Crippen LogP contribution is -2.14. The van der Waals surface area contributed by atoms with E-state index < -0.39 is 6.09 Å². The van der Waals surface area contributed by atoms with E-state index in [-0.39, 0.29) is 6.61 Å². The molecule has 24 heavy (non-hydrogen) atoms. The maximum Gasteiger partial charge on any atom is 0.412 e. The zero-order valence-corrected chi connectivity index (χ0v) is 14.5. The number of aryl methyl sites for hydroxylation is 1. The Bertz CT molecular complexity index is 829. The molecule has 122 valence electrons. The van der Waals surface area contributed by atoms with E-state index in [2.05, 4.69) is 26.4 Å². The normalized spacial score (nSPS) is 10.4. The molecule has 5 nitrogen and oxygen atoms in total. The van der Waals surface area contributed by atoms with E-state index in [4.69, 9.17) is 9.26 Å². The van der Waals surface area contributed by atoms with Crippen LogP contribution < -0.4 is 5.32 Å². The fraction of sp³-hybridized carbons (Fsp3) is 0.111. The first-order valence-corrected chi connectivity index (χ1v) is 8.12. The lowest BCUT2D eigenvalue weighted by Gasteiger charge is -2.07. The van der Waals surface area contributed by atoms with Crippen molar-refractivity contribution >= 4 is 27.7 Å². The number of carbonyl (C=O) groups excluding carboxylic acids is 1. The summed E-state index contributed by atoms with van der Waals surface area (Å²) in [5.41, 5.74) is 2.83. The number of nitrogens with zero attached hydrogens (tertiary/aromatic N) is 1. The largest absolute Gasteiger partial charge is 0.444 e. The van der Waals surface area contributed by atoms with E-state index in [1.807, 2.05) is 54.6 Å². The lowest BCUT2D eigenvalue weighted by atomic mass is 10.1. The number of carbonyl (C=O) groups is 1. The molecule has 0 aliphatic rings. The Hall–Kier alpha value is -2.60. The number of anilines is 1. The van der Waals surface area contributed by atoms with Crippen molar-refractivity contribution in [3.05, 3.63) is 70.3 Å². The molecular formula is C18H15BrN2O3. The molecule has 1 aromatic heterocycles. The summed E-state index contributed by atoms with van der Waals surface area (Å²) < 4.78 is 11.5. The SMILES string of the molecule is Cc1noc(-c2ccc(Br)cc2)c1NC(=O)OCc1ccccc1. The second kappa shape index (κ2) is 7.31. The first-order chi connectivity index (χ1) is 11.6. The standard InChI is InChI=1S/C18H15BrN2O3/c1-12-16(17(24-21-12)14-7-9-15(19)10-8-14)20-18(22)23-11-13-5-3-2-4-6-13/h2-10H,11H2,1H3,(H,20,22). The fourth-order valence-electron chi connectivity index (χ4n) is 2.18. The second-order valence-corrected chi connectivity index (χ2v) is 6.08. The summed E-state index contributed by atoms with van der Waals surface area (Å²) in [4.78, 5) is 12.1. The number of hydrogen-bond acceptors (Lipinski definition) is 4. The van der Waals surface area contributed by atoms with Crippen LogP contribution in [0.3, 0.4) is 0 Å². The van der Waals surface area contributed by atoms with Crippen LogP contribution in [0.2, 0.25) is 0 Å². The van der Waals surface area contributed by atoms with Gasteiger partial charge in [0.25, 0.3) is 0 Å². The molecule has 0 aliphatic carbocycles. The van der Waals surface area contributed by atoms with Crippen molar-refractivity contribution in [2.75, 3.05) is 5.32 Å². The predicted octanol–water partition coefficient (Wildman–Crippen LogP) is 5.16. The summed E-state index contributed by atoms with van der Waals surface area (Å²) in [5.74, 6) is 0.497. The van der Waals surface area contributed by atoms with Gasteiger partial charge in [-0.05, 0) is 36.8 Å². The first-order valence-electron chi connectivity index (χ1n) is 7.33. The van der Waals surface area contributed by atoms with E-state index in [9.17, 15) is 4.79 Å². The highest BCUT2D eigenvalue weighted by Gasteiger charge is 2.18. The van der Waals surface area contributed by atoms with Gasteiger partial charge in [0.05, 0.1) is 0 Å². The van der Waals surface area contributed by atoms with Gasteiger partial charge >= 0.3 is 6.09 Å². The van der Waals surface area contributed by atoms with E-state index in [1.165, 1.54) is 0 Å². The van der Waals surface area contributed by atoms with Crippen LogP contribution in [0.15, 0.2) is 63.6 Å².